The fourth-order valence-electron chi connectivity index (χ4n) is 2.04. The number of aromatic nitrogens is 2. The molecule has 0 saturated carbocycles. The second-order valence-corrected chi connectivity index (χ2v) is 5.75. The zero-order chi connectivity index (χ0) is 15.0. The SMILES string of the molecule is Nc1cc(-c2ccc(Cl)cc2Cl)nn1-c1cccc(Cl)c1. The van der Waals surface area contributed by atoms with Gasteiger partial charge in [0.05, 0.1) is 16.4 Å². The summed E-state index contributed by atoms with van der Waals surface area (Å²) >= 11 is 18.1. The third-order valence-electron chi connectivity index (χ3n) is 3.00. The number of rotatable bonds is 2. The molecule has 3 nitrogen and oxygen atoms in total. The van der Waals surface area contributed by atoms with Crippen molar-refractivity contribution >= 4 is 40.6 Å². The fraction of sp³-hybridized carbons (Fsp3) is 0. The Bertz CT molecular complexity index is 812. The predicted molar refractivity (Wildman–Crippen MR) is 88.4 cm³/mol. The number of halogens is 3. The molecule has 21 heavy (non-hydrogen) atoms. The van der Waals surface area contributed by atoms with Crippen LogP contribution in [-0.4, -0.2) is 9.78 Å². The van der Waals surface area contributed by atoms with Crippen LogP contribution in [0.2, 0.25) is 15.1 Å². The third-order valence-corrected chi connectivity index (χ3v) is 3.78. The van der Waals surface area contributed by atoms with Crippen LogP contribution in [0.1, 0.15) is 0 Å². The lowest BCUT2D eigenvalue weighted by Gasteiger charge is -2.04. The number of nitrogens with zero attached hydrogens (tertiary/aromatic N) is 2. The van der Waals surface area contributed by atoms with Gasteiger partial charge in [0.15, 0.2) is 0 Å². The van der Waals surface area contributed by atoms with Crippen LogP contribution in [0.4, 0.5) is 5.82 Å². The minimum atomic E-state index is 0.498. The van der Waals surface area contributed by atoms with E-state index in [9.17, 15) is 0 Å². The molecule has 2 N–H and O–H groups in total. The van der Waals surface area contributed by atoms with Gasteiger partial charge in [-0.15, -0.1) is 0 Å². The summed E-state index contributed by atoms with van der Waals surface area (Å²) in [5.41, 5.74) is 8.26. The third kappa shape index (κ3) is 2.86. The molecule has 3 rings (SSSR count). The van der Waals surface area contributed by atoms with Crippen molar-refractivity contribution < 1.29 is 0 Å². The monoisotopic (exact) mass is 337 g/mol. The summed E-state index contributed by atoms with van der Waals surface area (Å²) in [7, 11) is 0. The van der Waals surface area contributed by atoms with E-state index in [2.05, 4.69) is 5.10 Å². The molecule has 0 fully saturated rings. The number of nitrogens with two attached hydrogens (primary N) is 1. The molecule has 1 aromatic heterocycles. The van der Waals surface area contributed by atoms with Gasteiger partial charge in [0.25, 0.3) is 0 Å². The zero-order valence-electron chi connectivity index (χ0n) is 10.7. The number of nitrogen functional groups attached to an aromatic ring is 1. The van der Waals surface area contributed by atoms with Crippen molar-refractivity contribution in [3.8, 4) is 16.9 Å². The average Bonchev–Trinajstić information content (AvgIpc) is 2.80. The molecule has 0 aliphatic carbocycles. The van der Waals surface area contributed by atoms with Gasteiger partial charge >= 0.3 is 0 Å². The first-order chi connectivity index (χ1) is 10.0. The smallest absolute Gasteiger partial charge is 0.127 e. The Kier molecular flexibility index (Phi) is 3.81. The van der Waals surface area contributed by atoms with E-state index in [4.69, 9.17) is 40.5 Å². The summed E-state index contributed by atoms with van der Waals surface area (Å²) in [6.07, 6.45) is 0. The summed E-state index contributed by atoms with van der Waals surface area (Å²) in [5, 5.41) is 6.21. The van der Waals surface area contributed by atoms with E-state index < -0.39 is 0 Å². The molecule has 6 heteroatoms. The van der Waals surface area contributed by atoms with Gasteiger partial charge < -0.3 is 5.73 Å². The number of anilines is 1. The van der Waals surface area contributed by atoms with Crippen LogP contribution in [0.5, 0.6) is 0 Å². The Morgan fingerprint density at radius 2 is 1.67 bits per heavy atom. The topological polar surface area (TPSA) is 43.8 Å². The Morgan fingerprint density at radius 1 is 0.905 bits per heavy atom. The van der Waals surface area contributed by atoms with Crippen molar-refractivity contribution in [1.82, 2.24) is 9.78 Å². The quantitative estimate of drug-likeness (QED) is 0.708. The largest absolute Gasteiger partial charge is 0.384 e. The second kappa shape index (κ2) is 5.60. The highest BCUT2D eigenvalue weighted by Crippen LogP contribution is 2.31. The molecule has 0 unspecified atom stereocenters. The first-order valence-electron chi connectivity index (χ1n) is 6.11. The van der Waals surface area contributed by atoms with Gasteiger partial charge in [-0.2, -0.15) is 5.10 Å². The molecule has 3 aromatic rings. The fourth-order valence-corrected chi connectivity index (χ4v) is 2.73. The summed E-state index contributed by atoms with van der Waals surface area (Å²) in [4.78, 5) is 0. The minimum Gasteiger partial charge on any atom is -0.384 e. The van der Waals surface area contributed by atoms with Crippen LogP contribution >= 0.6 is 34.8 Å². The molecule has 0 radical (unpaired) electrons. The molecular formula is C15H10Cl3N3. The second-order valence-electron chi connectivity index (χ2n) is 4.47. The normalized spacial score (nSPS) is 10.8. The average molecular weight is 339 g/mol. The molecule has 0 spiro atoms. The van der Waals surface area contributed by atoms with Gasteiger partial charge in [-0.25, -0.2) is 4.68 Å². The Morgan fingerprint density at radius 3 is 2.38 bits per heavy atom. The molecule has 0 aliphatic heterocycles. The van der Waals surface area contributed by atoms with E-state index in [1.807, 2.05) is 18.2 Å². The van der Waals surface area contributed by atoms with E-state index in [0.29, 0.717) is 26.6 Å². The highest BCUT2D eigenvalue weighted by molar-refractivity contribution is 6.36. The van der Waals surface area contributed by atoms with Crippen LogP contribution in [-0.2, 0) is 0 Å². The van der Waals surface area contributed by atoms with E-state index >= 15 is 0 Å². The summed E-state index contributed by atoms with van der Waals surface area (Å²) in [5.74, 6) is 0.498. The van der Waals surface area contributed by atoms with Crippen molar-refractivity contribution in [2.45, 2.75) is 0 Å². The van der Waals surface area contributed by atoms with Gasteiger partial charge in [-0.1, -0.05) is 40.9 Å². The minimum absolute atomic E-state index is 0.498. The molecule has 0 aliphatic rings. The number of hydrogen-bond acceptors (Lipinski definition) is 2. The lowest BCUT2D eigenvalue weighted by Crippen LogP contribution is -2.01. The van der Waals surface area contributed by atoms with Crippen LogP contribution in [0, 0.1) is 0 Å². The molecular weight excluding hydrogens is 329 g/mol. The highest BCUT2D eigenvalue weighted by Gasteiger charge is 2.12. The molecule has 0 saturated heterocycles. The number of hydrogen-bond donors (Lipinski definition) is 1. The molecule has 0 amide bonds. The summed E-state index contributed by atoms with van der Waals surface area (Å²) in [6, 6.07) is 14.3. The highest BCUT2D eigenvalue weighted by atomic mass is 35.5. The van der Waals surface area contributed by atoms with Crippen LogP contribution in [0.3, 0.4) is 0 Å². The van der Waals surface area contributed by atoms with E-state index in [-0.39, 0.29) is 0 Å². The van der Waals surface area contributed by atoms with Gasteiger partial charge in [-0.3, -0.25) is 0 Å². The molecule has 1 heterocycles. The van der Waals surface area contributed by atoms with Crippen LogP contribution < -0.4 is 5.73 Å². The van der Waals surface area contributed by atoms with Crippen molar-refractivity contribution in [3.63, 3.8) is 0 Å². The van der Waals surface area contributed by atoms with Crippen molar-refractivity contribution in [1.29, 1.82) is 0 Å². The Balaban J connectivity index is 2.09. The van der Waals surface area contributed by atoms with Crippen LogP contribution in [0.15, 0.2) is 48.5 Å². The standard InChI is InChI=1S/C15H10Cl3N3/c16-9-2-1-3-11(6-9)21-15(19)8-14(20-21)12-5-4-10(17)7-13(12)18/h1-8H,19H2. The lowest BCUT2D eigenvalue weighted by molar-refractivity contribution is 0.895. The van der Waals surface area contributed by atoms with E-state index in [1.165, 1.54) is 0 Å². The van der Waals surface area contributed by atoms with Gasteiger partial charge in [0, 0.05) is 21.7 Å². The van der Waals surface area contributed by atoms with Gasteiger partial charge in [0.1, 0.15) is 5.82 Å². The maximum atomic E-state index is 6.20. The van der Waals surface area contributed by atoms with Gasteiger partial charge in [0.2, 0.25) is 0 Å². The van der Waals surface area contributed by atoms with Crippen LogP contribution in [0.25, 0.3) is 16.9 Å². The molecule has 0 atom stereocenters. The lowest BCUT2D eigenvalue weighted by atomic mass is 10.1. The molecule has 106 valence electrons. The van der Waals surface area contributed by atoms with Crippen molar-refractivity contribution in [2.24, 2.45) is 0 Å². The maximum Gasteiger partial charge on any atom is 0.127 e. The molecule has 0 bridgehead atoms. The van der Waals surface area contributed by atoms with Crippen molar-refractivity contribution in [3.05, 3.63) is 63.6 Å². The zero-order valence-corrected chi connectivity index (χ0v) is 13.0. The Labute approximate surface area is 136 Å². The first-order valence-corrected chi connectivity index (χ1v) is 7.25. The number of benzene rings is 2. The predicted octanol–water partition coefficient (Wildman–Crippen LogP) is 5.08. The van der Waals surface area contributed by atoms with Crippen molar-refractivity contribution in [2.75, 3.05) is 5.73 Å². The summed E-state index contributed by atoms with van der Waals surface area (Å²) in [6.45, 7) is 0. The molecule has 2 aromatic carbocycles. The summed E-state index contributed by atoms with van der Waals surface area (Å²) < 4.78 is 1.62. The van der Waals surface area contributed by atoms with E-state index in [1.54, 1.807) is 35.0 Å². The van der Waals surface area contributed by atoms with E-state index in [0.717, 1.165) is 11.3 Å². The maximum absolute atomic E-state index is 6.20. The van der Waals surface area contributed by atoms with Gasteiger partial charge in [-0.05, 0) is 36.4 Å². The Hall–Kier alpha value is -1.68. The first kappa shape index (κ1) is 14.3.